The molecule has 0 saturated heterocycles. The number of carbonyl (C=O) groups excluding carboxylic acids is 1. The Kier molecular flexibility index (Phi) is 4.43. The number of halogens is 4. The summed E-state index contributed by atoms with van der Waals surface area (Å²) in [6.45, 7) is 1.72. The van der Waals surface area contributed by atoms with Gasteiger partial charge in [0.15, 0.2) is 11.6 Å². The number of rotatable bonds is 3. The van der Waals surface area contributed by atoms with Crippen LogP contribution in [0.15, 0.2) is 22.8 Å². The molecule has 0 atom stereocenters. The summed E-state index contributed by atoms with van der Waals surface area (Å²) < 4.78 is 28.3. The molecule has 1 amide bonds. The van der Waals surface area contributed by atoms with Crippen molar-refractivity contribution >= 4 is 44.9 Å². The smallest absolute Gasteiger partial charge is 0.250 e. The highest BCUT2D eigenvalue weighted by Crippen LogP contribution is 2.31. The molecular formula is C13H9BrClF2N3O. The van der Waals surface area contributed by atoms with Crippen LogP contribution in [0.3, 0.4) is 0 Å². The summed E-state index contributed by atoms with van der Waals surface area (Å²) in [6, 6.07) is 2.70. The Morgan fingerprint density at radius 1 is 1.38 bits per heavy atom. The zero-order chi connectivity index (χ0) is 15.7. The number of aromatic nitrogens is 1. The number of pyridine rings is 1. The summed E-state index contributed by atoms with van der Waals surface area (Å²) in [7, 11) is 0. The topological polar surface area (TPSA) is 68.0 Å². The lowest BCUT2D eigenvalue weighted by atomic mass is 10.1. The Labute approximate surface area is 132 Å². The van der Waals surface area contributed by atoms with Gasteiger partial charge in [-0.1, -0.05) is 11.6 Å². The minimum absolute atomic E-state index is 0.261. The van der Waals surface area contributed by atoms with Gasteiger partial charge in [0, 0.05) is 10.7 Å². The average Bonchev–Trinajstić information content (AvgIpc) is 2.41. The van der Waals surface area contributed by atoms with Gasteiger partial charge < -0.3 is 11.1 Å². The molecule has 4 nitrogen and oxygen atoms in total. The van der Waals surface area contributed by atoms with Crippen LogP contribution in [0.4, 0.5) is 20.3 Å². The first-order valence-corrected chi connectivity index (χ1v) is 6.84. The summed E-state index contributed by atoms with van der Waals surface area (Å²) in [5.41, 5.74) is 5.16. The SMILES string of the molecule is Cc1cc(Br)cnc1Nc1c(C(N)=O)cc(Cl)c(F)c1F. The van der Waals surface area contributed by atoms with Crippen LogP contribution in [0.1, 0.15) is 15.9 Å². The highest BCUT2D eigenvalue weighted by molar-refractivity contribution is 9.10. The molecule has 2 aromatic rings. The maximum absolute atomic E-state index is 14.0. The van der Waals surface area contributed by atoms with E-state index in [1.54, 1.807) is 13.0 Å². The van der Waals surface area contributed by atoms with E-state index < -0.39 is 28.3 Å². The number of amides is 1. The number of aryl methyl sites for hydroxylation is 1. The number of primary amides is 1. The molecule has 0 aliphatic heterocycles. The number of nitrogens with one attached hydrogen (secondary N) is 1. The van der Waals surface area contributed by atoms with Crippen LogP contribution in [-0.4, -0.2) is 10.9 Å². The van der Waals surface area contributed by atoms with Gasteiger partial charge in [0.1, 0.15) is 5.82 Å². The van der Waals surface area contributed by atoms with Crippen LogP contribution in [0, 0.1) is 18.6 Å². The molecule has 21 heavy (non-hydrogen) atoms. The lowest BCUT2D eigenvalue weighted by molar-refractivity contribution is 0.100. The van der Waals surface area contributed by atoms with Gasteiger partial charge in [-0.25, -0.2) is 13.8 Å². The quantitative estimate of drug-likeness (QED) is 0.798. The Morgan fingerprint density at radius 3 is 2.62 bits per heavy atom. The molecular weight excluding hydrogens is 368 g/mol. The van der Waals surface area contributed by atoms with Gasteiger partial charge in [0.25, 0.3) is 5.91 Å². The van der Waals surface area contributed by atoms with E-state index in [0.717, 1.165) is 10.5 Å². The lowest BCUT2D eigenvalue weighted by Gasteiger charge is -2.13. The second-order valence-electron chi connectivity index (χ2n) is 4.22. The van der Waals surface area contributed by atoms with E-state index in [1.807, 2.05) is 0 Å². The predicted molar refractivity (Wildman–Crippen MR) is 79.8 cm³/mol. The number of hydrogen-bond donors (Lipinski definition) is 2. The van der Waals surface area contributed by atoms with Crippen molar-refractivity contribution in [3.05, 3.63) is 50.6 Å². The Balaban J connectivity index is 2.57. The van der Waals surface area contributed by atoms with E-state index in [2.05, 4.69) is 26.2 Å². The fraction of sp³-hybridized carbons (Fsp3) is 0.0769. The lowest BCUT2D eigenvalue weighted by Crippen LogP contribution is -2.16. The van der Waals surface area contributed by atoms with Crippen molar-refractivity contribution in [1.82, 2.24) is 4.98 Å². The van der Waals surface area contributed by atoms with Gasteiger partial charge in [0.05, 0.1) is 16.3 Å². The molecule has 2 rings (SSSR count). The molecule has 3 N–H and O–H groups in total. The first kappa shape index (κ1) is 15.7. The second kappa shape index (κ2) is 5.95. The largest absolute Gasteiger partial charge is 0.366 e. The molecule has 0 aliphatic carbocycles. The number of benzene rings is 1. The van der Waals surface area contributed by atoms with Gasteiger partial charge in [-0.05, 0) is 40.5 Å². The molecule has 0 saturated carbocycles. The van der Waals surface area contributed by atoms with Crippen molar-refractivity contribution in [2.24, 2.45) is 5.73 Å². The average molecular weight is 377 g/mol. The fourth-order valence-electron chi connectivity index (χ4n) is 1.70. The van der Waals surface area contributed by atoms with Crippen LogP contribution in [0.5, 0.6) is 0 Å². The van der Waals surface area contributed by atoms with Crippen LogP contribution in [0.25, 0.3) is 0 Å². The van der Waals surface area contributed by atoms with Crippen molar-refractivity contribution in [2.45, 2.75) is 6.92 Å². The maximum Gasteiger partial charge on any atom is 0.250 e. The van der Waals surface area contributed by atoms with Crippen LogP contribution >= 0.6 is 27.5 Å². The minimum Gasteiger partial charge on any atom is -0.366 e. The third kappa shape index (κ3) is 3.14. The summed E-state index contributed by atoms with van der Waals surface area (Å²) >= 11 is 8.76. The maximum atomic E-state index is 14.0. The van der Waals surface area contributed by atoms with Gasteiger partial charge in [-0.15, -0.1) is 0 Å². The van der Waals surface area contributed by atoms with Crippen molar-refractivity contribution < 1.29 is 13.6 Å². The Morgan fingerprint density at radius 2 is 2.05 bits per heavy atom. The molecule has 0 fully saturated rings. The Hall–Kier alpha value is -1.73. The van der Waals surface area contributed by atoms with Gasteiger partial charge in [0.2, 0.25) is 0 Å². The molecule has 0 spiro atoms. The molecule has 0 bridgehead atoms. The Bertz CT molecular complexity index is 740. The highest BCUT2D eigenvalue weighted by Gasteiger charge is 2.21. The first-order chi connectivity index (χ1) is 9.81. The van der Waals surface area contributed by atoms with Crippen molar-refractivity contribution in [3.8, 4) is 0 Å². The molecule has 1 heterocycles. The number of nitrogens with zero attached hydrogens (tertiary/aromatic N) is 1. The van der Waals surface area contributed by atoms with E-state index in [-0.39, 0.29) is 11.4 Å². The second-order valence-corrected chi connectivity index (χ2v) is 5.54. The van der Waals surface area contributed by atoms with Crippen molar-refractivity contribution in [1.29, 1.82) is 0 Å². The molecule has 0 aliphatic rings. The predicted octanol–water partition coefficient (Wildman–Crippen LogP) is 3.93. The van der Waals surface area contributed by atoms with E-state index in [4.69, 9.17) is 17.3 Å². The van der Waals surface area contributed by atoms with E-state index in [0.29, 0.717) is 5.56 Å². The standard InChI is InChI=1S/C13H9BrClF2N3O/c1-5-2-6(14)4-19-13(5)20-11-7(12(18)21)3-8(15)9(16)10(11)17/h2-4H,1H3,(H2,18,21)(H,19,20). The summed E-state index contributed by atoms with van der Waals surface area (Å²) in [6.07, 6.45) is 1.48. The van der Waals surface area contributed by atoms with E-state index in [9.17, 15) is 13.6 Å². The third-order valence-electron chi connectivity index (χ3n) is 2.72. The summed E-state index contributed by atoms with van der Waals surface area (Å²) in [5, 5.41) is 2.06. The first-order valence-electron chi connectivity index (χ1n) is 5.67. The number of anilines is 2. The van der Waals surface area contributed by atoms with Crippen LogP contribution in [0.2, 0.25) is 5.02 Å². The zero-order valence-electron chi connectivity index (χ0n) is 10.7. The summed E-state index contributed by atoms with van der Waals surface area (Å²) in [5.74, 6) is -3.23. The molecule has 1 aromatic heterocycles. The molecule has 0 unspecified atom stereocenters. The van der Waals surface area contributed by atoms with Gasteiger partial charge in [-0.2, -0.15) is 0 Å². The van der Waals surface area contributed by atoms with Crippen LogP contribution < -0.4 is 11.1 Å². The monoisotopic (exact) mass is 375 g/mol. The normalized spacial score (nSPS) is 10.5. The number of hydrogen-bond acceptors (Lipinski definition) is 3. The fourth-order valence-corrected chi connectivity index (χ4v) is 2.34. The third-order valence-corrected chi connectivity index (χ3v) is 3.42. The highest BCUT2D eigenvalue weighted by atomic mass is 79.9. The van der Waals surface area contributed by atoms with Gasteiger partial charge >= 0.3 is 0 Å². The summed E-state index contributed by atoms with van der Waals surface area (Å²) in [4.78, 5) is 15.4. The van der Waals surface area contributed by atoms with E-state index >= 15 is 0 Å². The molecule has 0 radical (unpaired) electrons. The van der Waals surface area contributed by atoms with Gasteiger partial charge in [-0.3, -0.25) is 4.79 Å². The molecule has 8 heteroatoms. The number of carbonyl (C=O) groups is 1. The molecule has 1 aromatic carbocycles. The van der Waals surface area contributed by atoms with Crippen LogP contribution in [-0.2, 0) is 0 Å². The zero-order valence-corrected chi connectivity index (χ0v) is 13.0. The number of nitrogens with two attached hydrogens (primary N) is 1. The van der Waals surface area contributed by atoms with Crippen molar-refractivity contribution in [2.75, 3.05) is 5.32 Å². The molecule has 110 valence electrons. The van der Waals surface area contributed by atoms with E-state index in [1.165, 1.54) is 6.20 Å². The minimum atomic E-state index is -1.29. The van der Waals surface area contributed by atoms with Crippen molar-refractivity contribution in [3.63, 3.8) is 0 Å².